The molecule has 6 heteroatoms. The van der Waals surface area contributed by atoms with Crippen LogP contribution >= 0.6 is 0 Å². The number of para-hydroxylation sites is 1. The molecular formula is C10H15N3O2S. The van der Waals surface area contributed by atoms with Crippen molar-refractivity contribution in [3.63, 3.8) is 0 Å². The SMILES string of the molecule is CS(=O)CCNc1c(N)cccc1C(N)=O. The number of nitrogens with two attached hydrogens (primary N) is 2. The average molecular weight is 241 g/mol. The van der Waals surface area contributed by atoms with Crippen LogP contribution in [0.5, 0.6) is 0 Å². The van der Waals surface area contributed by atoms with Gasteiger partial charge >= 0.3 is 0 Å². The van der Waals surface area contributed by atoms with Crippen LogP contribution in [0.15, 0.2) is 18.2 Å². The second-order valence-corrected chi connectivity index (χ2v) is 4.89. The third-order valence-electron chi connectivity index (χ3n) is 2.05. The van der Waals surface area contributed by atoms with Crippen molar-refractivity contribution in [1.82, 2.24) is 0 Å². The van der Waals surface area contributed by atoms with Gasteiger partial charge in [0.2, 0.25) is 0 Å². The third-order valence-corrected chi connectivity index (χ3v) is 2.83. The molecule has 1 unspecified atom stereocenters. The number of carbonyl (C=O) groups is 1. The van der Waals surface area contributed by atoms with E-state index in [1.54, 1.807) is 24.5 Å². The van der Waals surface area contributed by atoms with E-state index >= 15 is 0 Å². The van der Waals surface area contributed by atoms with E-state index in [0.29, 0.717) is 29.2 Å². The van der Waals surface area contributed by atoms with Crippen molar-refractivity contribution in [3.05, 3.63) is 23.8 Å². The van der Waals surface area contributed by atoms with Gasteiger partial charge in [-0.2, -0.15) is 0 Å². The Balaban J connectivity index is 2.84. The van der Waals surface area contributed by atoms with Gasteiger partial charge in [-0.25, -0.2) is 0 Å². The number of hydrogen-bond acceptors (Lipinski definition) is 4. The molecular weight excluding hydrogens is 226 g/mol. The highest BCUT2D eigenvalue weighted by atomic mass is 32.2. The molecule has 16 heavy (non-hydrogen) atoms. The first kappa shape index (κ1) is 12.5. The summed E-state index contributed by atoms with van der Waals surface area (Å²) in [7, 11) is -0.883. The van der Waals surface area contributed by atoms with Crippen LogP contribution in [0.25, 0.3) is 0 Å². The van der Waals surface area contributed by atoms with Crippen LogP contribution in [-0.2, 0) is 10.8 Å². The molecule has 0 heterocycles. The first-order chi connectivity index (χ1) is 7.52. The summed E-state index contributed by atoms with van der Waals surface area (Å²) in [5.74, 6) is -0.0422. The van der Waals surface area contributed by atoms with Crippen molar-refractivity contribution >= 4 is 28.1 Å². The normalized spacial score (nSPS) is 12.1. The van der Waals surface area contributed by atoms with Gasteiger partial charge in [0.25, 0.3) is 5.91 Å². The molecule has 1 atom stereocenters. The molecule has 0 saturated heterocycles. The lowest BCUT2D eigenvalue weighted by atomic mass is 10.1. The summed E-state index contributed by atoms with van der Waals surface area (Å²) in [5.41, 5.74) is 12.3. The van der Waals surface area contributed by atoms with Crippen molar-refractivity contribution in [1.29, 1.82) is 0 Å². The zero-order chi connectivity index (χ0) is 12.1. The highest BCUT2D eigenvalue weighted by Crippen LogP contribution is 2.22. The Morgan fingerprint density at radius 1 is 1.50 bits per heavy atom. The van der Waals surface area contributed by atoms with Gasteiger partial charge in [0.15, 0.2) is 0 Å². The molecule has 0 aliphatic heterocycles. The molecule has 1 aromatic carbocycles. The minimum absolute atomic E-state index is 0.349. The summed E-state index contributed by atoms with van der Waals surface area (Å²) < 4.78 is 10.9. The second kappa shape index (κ2) is 5.50. The van der Waals surface area contributed by atoms with Crippen molar-refractivity contribution < 1.29 is 9.00 Å². The number of hydrogen-bond donors (Lipinski definition) is 3. The molecule has 0 aliphatic rings. The molecule has 1 rings (SSSR count). The van der Waals surface area contributed by atoms with E-state index in [1.165, 1.54) is 0 Å². The fraction of sp³-hybridized carbons (Fsp3) is 0.300. The molecule has 5 nitrogen and oxygen atoms in total. The van der Waals surface area contributed by atoms with E-state index in [4.69, 9.17) is 11.5 Å². The molecule has 0 bridgehead atoms. The Kier molecular flexibility index (Phi) is 4.30. The Morgan fingerprint density at radius 2 is 2.19 bits per heavy atom. The maximum Gasteiger partial charge on any atom is 0.250 e. The molecule has 0 radical (unpaired) electrons. The lowest BCUT2D eigenvalue weighted by molar-refractivity contribution is 0.100. The van der Waals surface area contributed by atoms with Crippen molar-refractivity contribution in [3.8, 4) is 0 Å². The summed E-state index contributed by atoms with van der Waals surface area (Å²) in [4.78, 5) is 11.1. The minimum atomic E-state index is -0.883. The van der Waals surface area contributed by atoms with Crippen LogP contribution in [0.2, 0.25) is 0 Å². The van der Waals surface area contributed by atoms with E-state index in [2.05, 4.69) is 5.32 Å². The summed E-state index contributed by atoms with van der Waals surface area (Å²) >= 11 is 0. The molecule has 0 spiro atoms. The summed E-state index contributed by atoms with van der Waals surface area (Å²) in [5, 5.41) is 2.98. The number of nitrogen functional groups attached to an aromatic ring is 1. The Hall–Kier alpha value is -1.56. The standard InChI is InChI=1S/C10H15N3O2S/c1-16(15)6-5-13-9-7(10(12)14)3-2-4-8(9)11/h2-4,13H,5-6,11H2,1H3,(H2,12,14). The van der Waals surface area contributed by atoms with Crippen molar-refractivity contribution in [2.75, 3.05) is 29.6 Å². The molecule has 1 aromatic rings. The fourth-order valence-electron chi connectivity index (χ4n) is 1.29. The predicted octanol–water partition coefficient (Wildman–Crippen LogP) is 0.158. The van der Waals surface area contributed by atoms with Gasteiger partial charge < -0.3 is 16.8 Å². The maximum absolute atomic E-state index is 11.1. The number of carbonyl (C=O) groups excluding carboxylic acids is 1. The lowest BCUT2D eigenvalue weighted by Crippen LogP contribution is -2.18. The Labute approximate surface area is 96.7 Å². The fourth-order valence-corrected chi connectivity index (χ4v) is 1.68. The monoisotopic (exact) mass is 241 g/mol. The first-order valence-electron chi connectivity index (χ1n) is 4.74. The number of benzene rings is 1. The number of amides is 1. The topological polar surface area (TPSA) is 98.2 Å². The van der Waals surface area contributed by atoms with Crippen molar-refractivity contribution in [2.24, 2.45) is 5.73 Å². The largest absolute Gasteiger partial charge is 0.397 e. The zero-order valence-corrected chi connectivity index (χ0v) is 9.84. The van der Waals surface area contributed by atoms with E-state index in [1.807, 2.05) is 0 Å². The minimum Gasteiger partial charge on any atom is -0.397 e. The smallest absolute Gasteiger partial charge is 0.250 e. The highest BCUT2D eigenvalue weighted by molar-refractivity contribution is 7.84. The van der Waals surface area contributed by atoms with E-state index < -0.39 is 16.7 Å². The number of primary amides is 1. The van der Waals surface area contributed by atoms with Crippen LogP contribution in [0, 0.1) is 0 Å². The summed E-state index contributed by atoms with van der Waals surface area (Å²) in [6.07, 6.45) is 1.62. The quantitative estimate of drug-likeness (QED) is 0.639. The summed E-state index contributed by atoms with van der Waals surface area (Å²) in [6.45, 7) is 0.484. The molecule has 0 fully saturated rings. The van der Waals surface area contributed by atoms with Crippen LogP contribution in [0.4, 0.5) is 11.4 Å². The average Bonchev–Trinajstić information content (AvgIpc) is 2.19. The Bertz CT molecular complexity index is 421. The molecule has 5 N–H and O–H groups in total. The number of rotatable bonds is 5. The third kappa shape index (κ3) is 3.23. The van der Waals surface area contributed by atoms with Crippen LogP contribution in [-0.4, -0.2) is 28.7 Å². The molecule has 0 saturated carbocycles. The van der Waals surface area contributed by atoms with E-state index in [0.717, 1.165) is 0 Å². The number of anilines is 2. The van der Waals surface area contributed by atoms with Gasteiger partial charge in [-0.15, -0.1) is 0 Å². The molecule has 1 amide bonds. The molecule has 0 aromatic heterocycles. The van der Waals surface area contributed by atoms with Gasteiger partial charge in [0.05, 0.1) is 16.9 Å². The van der Waals surface area contributed by atoms with Gasteiger partial charge in [0.1, 0.15) is 0 Å². The van der Waals surface area contributed by atoms with E-state index in [9.17, 15) is 9.00 Å². The van der Waals surface area contributed by atoms with Gasteiger partial charge in [-0.1, -0.05) is 6.07 Å². The van der Waals surface area contributed by atoms with Crippen LogP contribution < -0.4 is 16.8 Å². The van der Waals surface area contributed by atoms with Gasteiger partial charge in [-0.3, -0.25) is 9.00 Å². The van der Waals surface area contributed by atoms with Crippen LogP contribution in [0.1, 0.15) is 10.4 Å². The first-order valence-corrected chi connectivity index (χ1v) is 6.47. The number of nitrogens with one attached hydrogen (secondary N) is 1. The Morgan fingerprint density at radius 3 is 2.75 bits per heavy atom. The highest BCUT2D eigenvalue weighted by Gasteiger charge is 2.10. The zero-order valence-electron chi connectivity index (χ0n) is 9.03. The van der Waals surface area contributed by atoms with Gasteiger partial charge in [-0.05, 0) is 12.1 Å². The lowest BCUT2D eigenvalue weighted by Gasteiger charge is -2.11. The molecule has 0 aliphatic carbocycles. The molecule has 88 valence electrons. The van der Waals surface area contributed by atoms with Crippen molar-refractivity contribution in [2.45, 2.75) is 0 Å². The van der Waals surface area contributed by atoms with Crippen LogP contribution in [0.3, 0.4) is 0 Å². The predicted molar refractivity (Wildman–Crippen MR) is 66.8 cm³/mol. The maximum atomic E-state index is 11.1. The summed E-state index contributed by atoms with van der Waals surface area (Å²) in [6, 6.07) is 4.94. The van der Waals surface area contributed by atoms with E-state index in [-0.39, 0.29) is 0 Å². The van der Waals surface area contributed by atoms with Gasteiger partial charge in [0, 0.05) is 29.4 Å². The second-order valence-electron chi connectivity index (χ2n) is 3.34.